The summed E-state index contributed by atoms with van der Waals surface area (Å²) in [6.45, 7) is 1.89. The Balaban J connectivity index is 2.04. The van der Waals surface area contributed by atoms with E-state index in [0.717, 1.165) is 31.2 Å². The van der Waals surface area contributed by atoms with E-state index in [9.17, 15) is 4.79 Å². The minimum atomic E-state index is -0.111. The Labute approximate surface area is 107 Å². The lowest BCUT2D eigenvalue weighted by Gasteiger charge is -2.27. The Hall–Kier alpha value is -1.09. The fourth-order valence-electron chi connectivity index (χ4n) is 2.21. The highest BCUT2D eigenvalue weighted by Crippen LogP contribution is 2.23. The number of aromatic nitrogens is 1. The number of aryl methyl sites for hydroxylation is 1. The molecule has 0 bridgehead atoms. The number of nitrogens with zero attached hydrogens (tertiary/aromatic N) is 1. The van der Waals surface area contributed by atoms with Crippen molar-refractivity contribution in [2.45, 2.75) is 44.0 Å². The highest BCUT2D eigenvalue weighted by atomic mass is 35.5. The maximum Gasteiger partial charge on any atom is 0.270 e. The van der Waals surface area contributed by atoms with Gasteiger partial charge in [0, 0.05) is 12.2 Å². The van der Waals surface area contributed by atoms with E-state index < -0.39 is 0 Å². The van der Waals surface area contributed by atoms with Crippen molar-refractivity contribution >= 4 is 17.5 Å². The van der Waals surface area contributed by atoms with Crippen molar-refractivity contribution < 1.29 is 4.79 Å². The van der Waals surface area contributed by atoms with Crippen LogP contribution in [0.2, 0.25) is 0 Å². The second-order valence-corrected chi connectivity index (χ2v) is 5.11. The second kappa shape index (κ2) is 5.50. The largest absolute Gasteiger partial charge is 0.346 e. The molecule has 2 unspecified atom stereocenters. The summed E-state index contributed by atoms with van der Waals surface area (Å²) in [5.74, 6) is -0.111. The van der Waals surface area contributed by atoms with Gasteiger partial charge in [0.15, 0.2) is 0 Å². The Morgan fingerprint density at radius 1 is 1.47 bits per heavy atom. The lowest BCUT2D eigenvalue weighted by molar-refractivity contribution is 0.0923. The Morgan fingerprint density at radius 3 is 2.94 bits per heavy atom. The van der Waals surface area contributed by atoms with Crippen molar-refractivity contribution in [2.24, 2.45) is 0 Å². The van der Waals surface area contributed by atoms with E-state index in [-0.39, 0.29) is 17.3 Å². The average Bonchev–Trinajstić information content (AvgIpc) is 2.32. The molecule has 0 saturated heterocycles. The van der Waals surface area contributed by atoms with Crippen LogP contribution in [-0.4, -0.2) is 22.3 Å². The van der Waals surface area contributed by atoms with Gasteiger partial charge in [0.05, 0.1) is 5.38 Å². The Bertz CT molecular complexity index is 408. The molecule has 1 aromatic rings. The number of hydrogen-bond acceptors (Lipinski definition) is 2. The molecule has 1 aromatic heterocycles. The highest BCUT2D eigenvalue weighted by molar-refractivity contribution is 6.21. The number of halogens is 1. The number of nitrogens with one attached hydrogen (secondary N) is 1. The van der Waals surface area contributed by atoms with Gasteiger partial charge >= 0.3 is 0 Å². The van der Waals surface area contributed by atoms with Gasteiger partial charge in [-0.15, -0.1) is 11.6 Å². The van der Waals surface area contributed by atoms with Crippen molar-refractivity contribution in [3.63, 3.8) is 0 Å². The van der Waals surface area contributed by atoms with E-state index in [4.69, 9.17) is 11.6 Å². The molecule has 1 aliphatic carbocycles. The molecule has 0 aliphatic heterocycles. The molecule has 1 amide bonds. The van der Waals surface area contributed by atoms with Crippen LogP contribution in [0, 0.1) is 6.92 Å². The number of pyridine rings is 1. The van der Waals surface area contributed by atoms with Crippen molar-refractivity contribution in [2.75, 3.05) is 0 Å². The number of carbonyl (C=O) groups is 1. The van der Waals surface area contributed by atoms with Crippen LogP contribution in [0.5, 0.6) is 0 Å². The van der Waals surface area contributed by atoms with Crippen LogP contribution in [-0.2, 0) is 0 Å². The summed E-state index contributed by atoms with van der Waals surface area (Å²) in [4.78, 5) is 16.2. The molecule has 2 rings (SSSR count). The van der Waals surface area contributed by atoms with E-state index in [1.54, 1.807) is 6.20 Å². The van der Waals surface area contributed by atoms with Gasteiger partial charge in [0.25, 0.3) is 5.91 Å². The van der Waals surface area contributed by atoms with Crippen LogP contribution >= 0.6 is 11.6 Å². The van der Waals surface area contributed by atoms with E-state index in [1.165, 1.54) is 0 Å². The molecule has 1 saturated carbocycles. The fourth-order valence-corrected chi connectivity index (χ4v) is 2.55. The standard InChI is InChI=1S/C13H17ClN2O/c1-9-5-4-8-15-12(9)13(17)16-11-7-3-2-6-10(11)14/h4-5,8,10-11H,2-3,6-7H2,1H3,(H,16,17). The zero-order valence-corrected chi connectivity index (χ0v) is 10.7. The zero-order chi connectivity index (χ0) is 12.3. The van der Waals surface area contributed by atoms with Gasteiger partial charge in [-0.1, -0.05) is 18.9 Å². The minimum Gasteiger partial charge on any atom is -0.346 e. The molecule has 0 spiro atoms. The quantitative estimate of drug-likeness (QED) is 0.823. The number of amides is 1. The lowest BCUT2D eigenvalue weighted by Crippen LogP contribution is -2.43. The fraction of sp³-hybridized carbons (Fsp3) is 0.538. The van der Waals surface area contributed by atoms with Gasteiger partial charge in [0.1, 0.15) is 5.69 Å². The van der Waals surface area contributed by atoms with Crippen LogP contribution in [0.15, 0.2) is 18.3 Å². The molecule has 1 N–H and O–H groups in total. The molecule has 92 valence electrons. The van der Waals surface area contributed by atoms with Gasteiger partial charge < -0.3 is 5.32 Å². The molecular formula is C13H17ClN2O. The molecule has 2 atom stereocenters. The van der Waals surface area contributed by atoms with Gasteiger partial charge in [-0.25, -0.2) is 0 Å². The highest BCUT2D eigenvalue weighted by Gasteiger charge is 2.25. The zero-order valence-electron chi connectivity index (χ0n) is 9.95. The number of rotatable bonds is 2. The predicted octanol–water partition coefficient (Wildman–Crippen LogP) is 2.67. The van der Waals surface area contributed by atoms with Crippen LogP contribution in [0.25, 0.3) is 0 Å². The van der Waals surface area contributed by atoms with Gasteiger partial charge in [-0.05, 0) is 31.4 Å². The lowest BCUT2D eigenvalue weighted by atomic mass is 9.95. The second-order valence-electron chi connectivity index (χ2n) is 4.55. The summed E-state index contributed by atoms with van der Waals surface area (Å²) in [5, 5.41) is 3.04. The van der Waals surface area contributed by atoms with Crippen LogP contribution < -0.4 is 5.32 Å². The predicted molar refractivity (Wildman–Crippen MR) is 68.3 cm³/mol. The summed E-state index contributed by atoms with van der Waals surface area (Å²) in [6.07, 6.45) is 5.87. The third kappa shape index (κ3) is 2.97. The number of hydrogen-bond donors (Lipinski definition) is 1. The van der Waals surface area contributed by atoms with Gasteiger partial charge in [-0.3, -0.25) is 9.78 Å². The molecule has 0 radical (unpaired) electrons. The Morgan fingerprint density at radius 2 is 2.24 bits per heavy atom. The summed E-state index contributed by atoms with van der Waals surface area (Å²) < 4.78 is 0. The van der Waals surface area contributed by atoms with Crippen molar-refractivity contribution in [3.8, 4) is 0 Å². The molecule has 17 heavy (non-hydrogen) atoms. The molecular weight excluding hydrogens is 236 g/mol. The summed E-state index contributed by atoms with van der Waals surface area (Å²) in [7, 11) is 0. The monoisotopic (exact) mass is 252 g/mol. The van der Waals surface area contributed by atoms with E-state index in [0.29, 0.717) is 5.69 Å². The van der Waals surface area contributed by atoms with E-state index >= 15 is 0 Å². The van der Waals surface area contributed by atoms with Crippen molar-refractivity contribution in [1.29, 1.82) is 0 Å². The summed E-state index contributed by atoms with van der Waals surface area (Å²) in [6, 6.07) is 3.80. The first-order chi connectivity index (χ1) is 8.18. The topological polar surface area (TPSA) is 42.0 Å². The molecule has 4 heteroatoms. The molecule has 1 fully saturated rings. The normalized spacial score (nSPS) is 24.4. The van der Waals surface area contributed by atoms with Crippen LogP contribution in [0.4, 0.5) is 0 Å². The van der Waals surface area contributed by atoms with Crippen molar-refractivity contribution in [1.82, 2.24) is 10.3 Å². The van der Waals surface area contributed by atoms with Crippen LogP contribution in [0.3, 0.4) is 0 Å². The first kappa shape index (κ1) is 12.4. The van der Waals surface area contributed by atoms with Gasteiger partial charge in [0.2, 0.25) is 0 Å². The summed E-state index contributed by atoms with van der Waals surface area (Å²) >= 11 is 6.22. The van der Waals surface area contributed by atoms with E-state index in [2.05, 4.69) is 10.3 Å². The average molecular weight is 253 g/mol. The van der Waals surface area contributed by atoms with Crippen molar-refractivity contribution in [3.05, 3.63) is 29.6 Å². The first-order valence-electron chi connectivity index (χ1n) is 6.05. The Kier molecular flexibility index (Phi) is 4.00. The maximum atomic E-state index is 12.0. The van der Waals surface area contributed by atoms with Gasteiger partial charge in [-0.2, -0.15) is 0 Å². The maximum absolute atomic E-state index is 12.0. The molecule has 1 aliphatic rings. The van der Waals surface area contributed by atoms with E-state index in [1.807, 2.05) is 19.1 Å². The first-order valence-corrected chi connectivity index (χ1v) is 6.48. The number of carbonyl (C=O) groups excluding carboxylic acids is 1. The third-order valence-corrected chi connectivity index (χ3v) is 3.75. The number of alkyl halides is 1. The summed E-state index contributed by atoms with van der Waals surface area (Å²) in [5.41, 5.74) is 1.40. The van der Waals surface area contributed by atoms with Crippen LogP contribution in [0.1, 0.15) is 41.7 Å². The smallest absolute Gasteiger partial charge is 0.270 e. The third-order valence-electron chi connectivity index (χ3n) is 3.22. The molecule has 0 aromatic carbocycles. The minimum absolute atomic E-state index is 0.0525. The SMILES string of the molecule is Cc1cccnc1C(=O)NC1CCCCC1Cl. The molecule has 3 nitrogen and oxygen atoms in total. The molecule has 1 heterocycles.